The maximum absolute atomic E-state index is 13.3. The quantitative estimate of drug-likeness (QED) is 0.164. The van der Waals surface area contributed by atoms with E-state index in [1.54, 1.807) is 34.6 Å². The van der Waals surface area contributed by atoms with Crippen LogP contribution in [0, 0.1) is 5.92 Å². The average Bonchev–Trinajstić information content (AvgIpc) is 2.91. The van der Waals surface area contributed by atoms with E-state index >= 15 is 0 Å². The van der Waals surface area contributed by atoms with E-state index < -0.39 is 53.5 Å². The Morgan fingerprint density at radius 2 is 1.21 bits per heavy atom. The van der Waals surface area contributed by atoms with E-state index in [0.29, 0.717) is 6.42 Å². The number of alkyl carbamates (subject to hydrolysis) is 1. The second kappa shape index (κ2) is 16.3. The fraction of sp³-hybridized carbons (Fsp3) is 0.531. The third-order valence-corrected chi connectivity index (χ3v) is 7.24. The van der Waals surface area contributed by atoms with Gasteiger partial charge in [0.25, 0.3) is 0 Å². The Balaban J connectivity index is 2.13. The SMILES string of the molecule is CC(C)[C@](C)(NC(=O)O)C(=O)NC(Cc1ccccc1)[C@@H](O)CNCC(O)[C@@H](Cc1ccccc1)NC(=O)OC(C)(C)C. The maximum Gasteiger partial charge on any atom is 0.407 e. The van der Waals surface area contributed by atoms with Crippen LogP contribution >= 0.6 is 0 Å². The molecule has 0 aliphatic carbocycles. The summed E-state index contributed by atoms with van der Waals surface area (Å²) >= 11 is 0. The molecule has 11 nitrogen and oxygen atoms in total. The molecule has 7 N–H and O–H groups in total. The molecule has 0 aromatic heterocycles. The standard InChI is InChI=1S/C32H48N4O7/c1-21(2)32(6,36-29(40)41)28(39)34-24(17-22-13-9-7-10-14-22)26(37)19-33-20-27(38)25(18-23-15-11-8-12-16-23)35-30(42)43-31(3,4)5/h7-16,21,24-27,33,36-38H,17-20H2,1-6H3,(H,34,39)(H,35,42)(H,40,41)/t24?,25-,26+,27?,32+/m1/s1. The lowest BCUT2D eigenvalue weighted by Gasteiger charge is -2.35. The van der Waals surface area contributed by atoms with Gasteiger partial charge >= 0.3 is 12.2 Å². The van der Waals surface area contributed by atoms with E-state index in [9.17, 15) is 29.7 Å². The van der Waals surface area contributed by atoms with Crippen LogP contribution in [0.3, 0.4) is 0 Å². The van der Waals surface area contributed by atoms with Crippen LogP contribution < -0.4 is 21.3 Å². The molecule has 3 amide bonds. The van der Waals surface area contributed by atoms with E-state index in [1.807, 2.05) is 60.7 Å². The van der Waals surface area contributed by atoms with Crippen molar-refractivity contribution in [2.24, 2.45) is 5.92 Å². The summed E-state index contributed by atoms with van der Waals surface area (Å²) in [5.41, 5.74) is -0.356. The van der Waals surface area contributed by atoms with E-state index in [1.165, 1.54) is 6.92 Å². The van der Waals surface area contributed by atoms with Gasteiger partial charge in [0.1, 0.15) is 11.1 Å². The topological polar surface area (TPSA) is 169 Å². The predicted molar refractivity (Wildman–Crippen MR) is 165 cm³/mol. The molecular weight excluding hydrogens is 552 g/mol. The summed E-state index contributed by atoms with van der Waals surface area (Å²) in [6.07, 6.45) is -3.47. The van der Waals surface area contributed by atoms with Crippen LogP contribution in [0.1, 0.15) is 52.7 Å². The Hall–Kier alpha value is -3.67. The number of carbonyl (C=O) groups excluding carboxylic acids is 2. The molecule has 0 radical (unpaired) electrons. The Morgan fingerprint density at radius 3 is 1.60 bits per heavy atom. The molecule has 2 aromatic rings. The fourth-order valence-corrected chi connectivity index (χ4v) is 4.43. The molecule has 0 saturated heterocycles. The van der Waals surface area contributed by atoms with Crippen molar-refractivity contribution in [2.45, 2.75) is 89.8 Å². The minimum Gasteiger partial charge on any atom is -0.465 e. The van der Waals surface area contributed by atoms with Gasteiger partial charge in [-0.05, 0) is 57.6 Å². The van der Waals surface area contributed by atoms with Crippen LogP contribution in [0.2, 0.25) is 0 Å². The van der Waals surface area contributed by atoms with E-state index in [2.05, 4.69) is 21.3 Å². The van der Waals surface area contributed by atoms with Crippen molar-refractivity contribution >= 4 is 18.1 Å². The summed E-state index contributed by atoms with van der Waals surface area (Å²) < 4.78 is 5.39. The molecule has 2 aromatic carbocycles. The van der Waals surface area contributed by atoms with Crippen molar-refractivity contribution < 1.29 is 34.4 Å². The summed E-state index contributed by atoms with van der Waals surface area (Å²) in [5, 5.41) is 42.5. The lowest BCUT2D eigenvalue weighted by atomic mass is 9.86. The highest BCUT2D eigenvalue weighted by molar-refractivity contribution is 5.89. The third-order valence-electron chi connectivity index (χ3n) is 7.24. The summed E-state index contributed by atoms with van der Waals surface area (Å²) in [6, 6.07) is 17.3. The van der Waals surface area contributed by atoms with Crippen LogP contribution in [0.25, 0.3) is 0 Å². The van der Waals surface area contributed by atoms with Crippen molar-refractivity contribution in [1.29, 1.82) is 0 Å². The van der Waals surface area contributed by atoms with Crippen molar-refractivity contribution in [3.05, 3.63) is 71.8 Å². The van der Waals surface area contributed by atoms with Gasteiger partial charge in [-0.2, -0.15) is 0 Å². The Labute approximate surface area is 254 Å². The van der Waals surface area contributed by atoms with Crippen LogP contribution in [0.5, 0.6) is 0 Å². The predicted octanol–water partition coefficient (Wildman–Crippen LogP) is 2.84. The zero-order chi connectivity index (χ0) is 32.2. The van der Waals surface area contributed by atoms with Crippen molar-refractivity contribution in [3.63, 3.8) is 0 Å². The fourth-order valence-electron chi connectivity index (χ4n) is 4.43. The molecule has 2 unspecified atom stereocenters. The average molecular weight is 601 g/mol. The van der Waals surface area contributed by atoms with Gasteiger partial charge in [0, 0.05) is 13.1 Å². The molecule has 0 saturated carbocycles. The molecule has 0 bridgehead atoms. The molecule has 0 aliphatic heterocycles. The molecular formula is C32H48N4O7. The Bertz CT molecular complexity index is 1160. The van der Waals surface area contributed by atoms with Gasteiger partial charge < -0.3 is 41.3 Å². The molecule has 0 fully saturated rings. The number of aliphatic hydroxyl groups is 2. The number of aliphatic hydroxyl groups excluding tert-OH is 2. The monoisotopic (exact) mass is 600 g/mol. The maximum atomic E-state index is 13.3. The van der Waals surface area contributed by atoms with Gasteiger partial charge in [0.2, 0.25) is 5.91 Å². The number of carboxylic acid groups (broad SMARTS) is 1. The van der Waals surface area contributed by atoms with E-state index in [0.717, 1.165) is 11.1 Å². The Morgan fingerprint density at radius 1 is 0.767 bits per heavy atom. The summed E-state index contributed by atoms with van der Waals surface area (Å²) in [4.78, 5) is 37.3. The lowest BCUT2D eigenvalue weighted by Crippen LogP contribution is -2.63. The smallest absolute Gasteiger partial charge is 0.407 e. The largest absolute Gasteiger partial charge is 0.465 e. The van der Waals surface area contributed by atoms with Gasteiger partial charge in [-0.25, -0.2) is 9.59 Å². The molecule has 5 atom stereocenters. The number of nitrogens with one attached hydrogen (secondary N) is 4. The molecule has 0 heterocycles. The van der Waals surface area contributed by atoms with Gasteiger partial charge in [0.15, 0.2) is 0 Å². The number of carbonyl (C=O) groups is 3. The number of hydrogen-bond donors (Lipinski definition) is 7. The van der Waals surface area contributed by atoms with Gasteiger partial charge in [-0.3, -0.25) is 4.79 Å². The second-order valence-electron chi connectivity index (χ2n) is 12.3. The highest BCUT2D eigenvalue weighted by Gasteiger charge is 2.40. The van der Waals surface area contributed by atoms with Crippen molar-refractivity contribution in [2.75, 3.05) is 13.1 Å². The summed E-state index contributed by atoms with van der Waals surface area (Å²) in [7, 11) is 0. The minimum atomic E-state index is -1.43. The zero-order valence-corrected chi connectivity index (χ0v) is 26.0. The number of benzene rings is 2. The van der Waals surface area contributed by atoms with Gasteiger partial charge in [-0.15, -0.1) is 0 Å². The molecule has 0 spiro atoms. The molecule has 238 valence electrons. The molecule has 2 rings (SSSR count). The number of ether oxygens (including phenoxy) is 1. The van der Waals surface area contributed by atoms with Crippen molar-refractivity contribution in [3.8, 4) is 0 Å². The first-order valence-corrected chi connectivity index (χ1v) is 14.6. The lowest BCUT2D eigenvalue weighted by molar-refractivity contribution is -0.130. The van der Waals surface area contributed by atoms with Crippen LogP contribution in [0.4, 0.5) is 9.59 Å². The number of hydrogen-bond acceptors (Lipinski definition) is 7. The summed E-state index contributed by atoms with van der Waals surface area (Å²) in [6.45, 7) is 10.3. The van der Waals surface area contributed by atoms with Crippen LogP contribution in [0.15, 0.2) is 60.7 Å². The first-order chi connectivity index (χ1) is 20.1. The highest BCUT2D eigenvalue weighted by Crippen LogP contribution is 2.18. The van der Waals surface area contributed by atoms with Crippen molar-refractivity contribution in [1.82, 2.24) is 21.3 Å². The first-order valence-electron chi connectivity index (χ1n) is 14.6. The van der Waals surface area contributed by atoms with Crippen LogP contribution in [-0.2, 0) is 22.4 Å². The molecule has 43 heavy (non-hydrogen) atoms. The Kier molecular flexibility index (Phi) is 13.4. The molecule has 0 aliphatic rings. The van der Waals surface area contributed by atoms with E-state index in [-0.39, 0.29) is 25.4 Å². The van der Waals surface area contributed by atoms with Crippen LogP contribution in [-0.4, -0.2) is 81.9 Å². The normalized spacial score (nSPS) is 15.8. The third kappa shape index (κ3) is 12.2. The molecule has 11 heteroatoms. The van der Waals surface area contributed by atoms with Gasteiger partial charge in [0.05, 0.1) is 24.3 Å². The summed E-state index contributed by atoms with van der Waals surface area (Å²) in [5.74, 6) is -0.931. The minimum absolute atomic E-state index is 0.00405. The highest BCUT2D eigenvalue weighted by atomic mass is 16.6. The number of amides is 3. The van der Waals surface area contributed by atoms with Gasteiger partial charge in [-0.1, -0.05) is 74.5 Å². The number of rotatable bonds is 15. The first kappa shape index (κ1) is 35.5. The second-order valence-corrected chi connectivity index (χ2v) is 12.3. The zero-order valence-electron chi connectivity index (χ0n) is 26.0. The van der Waals surface area contributed by atoms with E-state index in [4.69, 9.17) is 4.74 Å².